The molecule has 1 aromatic carbocycles. The molecule has 0 radical (unpaired) electrons. The molecule has 0 heterocycles. The van der Waals surface area contributed by atoms with E-state index in [1.165, 1.54) is 11.1 Å². The van der Waals surface area contributed by atoms with Gasteiger partial charge in [-0.3, -0.25) is 0 Å². The van der Waals surface area contributed by atoms with Crippen LogP contribution >= 0.6 is 0 Å². The minimum Gasteiger partial charge on any atom is -0.493 e. The zero-order chi connectivity index (χ0) is 9.68. The Morgan fingerprint density at radius 1 is 1.23 bits per heavy atom. The molecule has 0 aliphatic carbocycles. The molecule has 0 aromatic heterocycles. The van der Waals surface area contributed by atoms with Gasteiger partial charge in [0.25, 0.3) is 0 Å². The van der Waals surface area contributed by atoms with Crippen LogP contribution in [-0.2, 0) is 0 Å². The van der Waals surface area contributed by atoms with Gasteiger partial charge >= 0.3 is 0 Å². The number of terminal acetylenes is 1. The fourth-order valence-corrected chi connectivity index (χ4v) is 1.24. The van der Waals surface area contributed by atoms with E-state index in [4.69, 9.17) is 11.2 Å². The van der Waals surface area contributed by atoms with Crippen LogP contribution in [-0.4, -0.2) is 6.61 Å². The van der Waals surface area contributed by atoms with Gasteiger partial charge in [0.2, 0.25) is 0 Å². The molecule has 0 N–H and O–H groups in total. The van der Waals surface area contributed by atoms with Crippen LogP contribution in [0.15, 0.2) is 18.2 Å². The summed E-state index contributed by atoms with van der Waals surface area (Å²) in [6.07, 6.45) is 5.78. The van der Waals surface area contributed by atoms with Gasteiger partial charge in [0, 0.05) is 6.42 Å². The van der Waals surface area contributed by atoms with Crippen LogP contribution in [0, 0.1) is 26.2 Å². The zero-order valence-corrected chi connectivity index (χ0v) is 8.13. The average molecular weight is 174 g/mol. The monoisotopic (exact) mass is 174 g/mol. The molecule has 0 spiro atoms. The molecule has 0 amide bonds. The molecule has 0 saturated carbocycles. The van der Waals surface area contributed by atoms with Gasteiger partial charge in [-0.05, 0) is 37.1 Å². The van der Waals surface area contributed by atoms with Gasteiger partial charge in [-0.25, -0.2) is 0 Å². The SMILES string of the molecule is C#CCCOc1cc(C)cc(C)c1. The summed E-state index contributed by atoms with van der Waals surface area (Å²) < 4.78 is 5.47. The van der Waals surface area contributed by atoms with Gasteiger partial charge in [0.1, 0.15) is 5.75 Å². The van der Waals surface area contributed by atoms with Crippen molar-refractivity contribution >= 4 is 0 Å². The van der Waals surface area contributed by atoms with Crippen molar-refractivity contribution in [1.82, 2.24) is 0 Å². The van der Waals surface area contributed by atoms with Crippen molar-refractivity contribution in [1.29, 1.82) is 0 Å². The Hall–Kier alpha value is -1.42. The Morgan fingerprint density at radius 2 is 1.85 bits per heavy atom. The lowest BCUT2D eigenvalue weighted by atomic mass is 10.1. The number of ether oxygens (including phenoxy) is 1. The highest BCUT2D eigenvalue weighted by atomic mass is 16.5. The van der Waals surface area contributed by atoms with Crippen LogP contribution in [0.3, 0.4) is 0 Å². The summed E-state index contributed by atoms with van der Waals surface area (Å²) in [5, 5.41) is 0. The van der Waals surface area contributed by atoms with Crippen LogP contribution in [0.25, 0.3) is 0 Å². The highest BCUT2D eigenvalue weighted by Gasteiger charge is 1.95. The second-order valence-electron chi connectivity index (χ2n) is 3.13. The van der Waals surface area contributed by atoms with E-state index in [-0.39, 0.29) is 0 Å². The van der Waals surface area contributed by atoms with E-state index in [1.54, 1.807) is 0 Å². The number of rotatable bonds is 3. The lowest BCUT2D eigenvalue weighted by molar-refractivity contribution is 0.327. The Bertz CT molecular complexity index is 300. The molecular formula is C12H14O. The highest BCUT2D eigenvalue weighted by Crippen LogP contribution is 2.16. The predicted octanol–water partition coefficient (Wildman–Crippen LogP) is 2.71. The molecule has 0 saturated heterocycles. The van der Waals surface area contributed by atoms with Crippen molar-refractivity contribution in [2.24, 2.45) is 0 Å². The van der Waals surface area contributed by atoms with Crippen molar-refractivity contribution in [2.75, 3.05) is 6.61 Å². The largest absolute Gasteiger partial charge is 0.493 e. The second-order valence-corrected chi connectivity index (χ2v) is 3.13. The molecule has 13 heavy (non-hydrogen) atoms. The van der Waals surface area contributed by atoms with Crippen LogP contribution in [0.1, 0.15) is 17.5 Å². The van der Waals surface area contributed by atoms with Crippen molar-refractivity contribution in [3.8, 4) is 18.1 Å². The molecular weight excluding hydrogens is 160 g/mol. The molecule has 0 fully saturated rings. The van der Waals surface area contributed by atoms with Gasteiger partial charge in [0.05, 0.1) is 6.61 Å². The van der Waals surface area contributed by atoms with Crippen molar-refractivity contribution in [2.45, 2.75) is 20.3 Å². The first kappa shape index (κ1) is 9.67. The van der Waals surface area contributed by atoms with Crippen molar-refractivity contribution < 1.29 is 4.74 Å². The lowest BCUT2D eigenvalue weighted by Gasteiger charge is -2.06. The van der Waals surface area contributed by atoms with Crippen molar-refractivity contribution in [3.05, 3.63) is 29.3 Å². The standard InChI is InChI=1S/C12H14O/c1-4-5-6-13-12-8-10(2)7-11(3)9-12/h1,7-9H,5-6H2,2-3H3. The molecule has 1 rings (SSSR count). The molecule has 1 heteroatoms. The molecule has 1 aromatic rings. The first-order valence-corrected chi connectivity index (χ1v) is 4.37. The normalized spacial score (nSPS) is 9.31. The van der Waals surface area contributed by atoms with Gasteiger partial charge < -0.3 is 4.74 Å². The summed E-state index contributed by atoms with van der Waals surface area (Å²) in [7, 11) is 0. The molecule has 0 atom stereocenters. The van der Waals surface area contributed by atoms with E-state index >= 15 is 0 Å². The third-order valence-corrected chi connectivity index (χ3v) is 1.71. The Kier molecular flexibility index (Phi) is 3.40. The van der Waals surface area contributed by atoms with Crippen LogP contribution in [0.2, 0.25) is 0 Å². The fourth-order valence-electron chi connectivity index (χ4n) is 1.24. The summed E-state index contributed by atoms with van der Waals surface area (Å²) in [6, 6.07) is 6.15. The highest BCUT2D eigenvalue weighted by molar-refractivity contribution is 5.32. The van der Waals surface area contributed by atoms with Crippen molar-refractivity contribution in [3.63, 3.8) is 0 Å². The third-order valence-electron chi connectivity index (χ3n) is 1.71. The summed E-state index contributed by atoms with van der Waals surface area (Å²) >= 11 is 0. The van der Waals surface area contributed by atoms with E-state index in [0.29, 0.717) is 13.0 Å². The molecule has 0 aliphatic rings. The molecule has 1 nitrogen and oxygen atoms in total. The van der Waals surface area contributed by atoms with E-state index in [0.717, 1.165) is 5.75 Å². The third kappa shape index (κ3) is 3.21. The first-order chi connectivity index (χ1) is 6.22. The average Bonchev–Trinajstić information content (AvgIpc) is 2.03. The van der Waals surface area contributed by atoms with Crippen LogP contribution < -0.4 is 4.74 Å². The van der Waals surface area contributed by atoms with Crippen LogP contribution in [0.4, 0.5) is 0 Å². The van der Waals surface area contributed by atoms with E-state index in [9.17, 15) is 0 Å². The molecule has 0 aliphatic heterocycles. The Labute approximate surface area is 79.7 Å². The summed E-state index contributed by atoms with van der Waals surface area (Å²) in [5.41, 5.74) is 2.44. The molecule has 0 bridgehead atoms. The number of hydrogen-bond donors (Lipinski definition) is 0. The smallest absolute Gasteiger partial charge is 0.119 e. The summed E-state index contributed by atoms with van der Waals surface area (Å²) in [6.45, 7) is 4.71. The predicted molar refractivity (Wildman–Crippen MR) is 54.9 cm³/mol. The van der Waals surface area contributed by atoms with Gasteiger partial charge in [-0.2, -0.15) is 0 Å². The number of aryl methyl sites for hydroxylation is 2. The molecule has 68 valence electrons. The van der Waals surface area contributed by atoms with Gasteiger partial charge in [0.15, 0.2) is 0 Å². The lowest BCUT2D eigenvalue weighted by Crippen LogP contribution is -1.96. The van der Waals surface area contributed by atoms with Crippen LogP contribution in [0.5, 0.6) is 5.75 Å². The maximum atomic E-state index is 5.47. The summed E-state index contributed by atoms with van der Waals surface area (Å²) in [4.78, 5) is 0. The topological polar surface area (TPSA) is 9.23 Å². The van der Waals surface area contributed by atoms with Gasteiger partial charge in [-0.15, -0.1) is 12.3 Å². The Morgan fingerprint density at radius 3 is 2.38 bits per heavy atom. The number of hydrogen-bond acceptors (Lipinski definition) is 1. The second kappa shape index (κ2) is 4.57. The Balaban J connectivity index is 2.62. The van der Waals surface area contributed by atoms with E-state index < -0.39 is 0 Å². The first-order valence-electron chi connectivity index (χ1n) is 4.37. The summed E-state index contributed by atoms with van der Waals surface area (Å²) in [5.74, 6) is 3.45. The minimum absolute atomic E-state index is 0.597. The number of benzene rings is 1. The molecule has 0 unspecified atom stereocenters. The fraction of sp³-hybridized carbons (Fsp3) is 0.333. The zero-order valence-electron chi connectivity index (χ0n) is 8.13. The minimum atomic E-state index is 0.597. The van der Waals surface area contributed by atoms with E-state index in [1.807, 2.05) is 12.1 Å². The maximum absolute atomic E-state index is 5.47. The maximum Gasteiger partial charge on any atom is 0.119 e. The van der Waals surface area contributed by atoms with Gasteiger partial charge in [-0.1, -0.05) is 6.07 Å². The van der Waals surface area contributed by atoms with E-state index in [2.05, 4.69) is 25.8 Å². The quantitative estimate of drug-likeness (QED) is 0.505.